The molecular weight excluding hydrogens is 431 g/mol. The number of nitrogens with two attached hydrogens (primary N) is 1. The number of carbonyl (C=O) groups excluding carboxylic acids is 2. The number of carbonyl (C=O) groups is 2. The second-order valence-electron chi connectivity index (χ2n) is 7.75. The minimum Gasteiger partial charge on any atom is -0.441 e. The van der Waals surface area contributed by atoms with Crippen molar-refractivity contribution in [1.82, 2.24) is 9.97 Å². The van der Waals surface area contributed by atoms with Gasteiger partial charge in [-0.15, -0.1) is 13.2 Å². The van der Waals surface area contributed by atoms with E-state index in [4.69, 9.17) is 10.5 Å². The Bertz CT molecular complexity index is 1010. The van der Waals surface area contributed by atoms with Crippen molar-refractivity contribution in [3.8, 4) is 5.75 Å². The van der Waals surface area contributed by atoms with E-state index in [1.54, 1.807) is 6.07 Å². The van der Waals surface area contributed by atoms with E-state index in [2.05, 4.69) is 20.0 Å². The Hall–Kier alpha value is -3.57. The Labute approximate surface area is 180 Å². The predicted molar refractivity (Wildman–Crippen MR) is 107 cm³/mol. The van der Waals surface area contributed by atoms with Crippen molar-refractivity contribution in [2.75, 3.05) is 22.5 Å². The number of hydrogen-bond acceptors (Lipinski definition) is 7. The zero-order valence-corrected chi connectivity index (χ0v) is 16.8. The fourth-order valence-corrected chi connectivity index (χ4v) is 3.95. The van der Waals surface area contributed by atoms with E-state index < -0.39 is 29.7 Å². The van der Waals surface area contributed by atoms with Gasteiger partial charge in [0.25, 0.3) is 0 Å². The van der Waals surface area contributed by atoms with Crippen LogP contribution in [0.15, 0.2) is 36.7 Å². The average molecular weight is 451 g/mol. The highest BCUT2D eigenvalue weighted by Crippen LogP contribution is 2.40. The normalized spacial score (nSPS) is 23.2. The zero-order valence-electron chi connectivity index (χ0n) is 16.8. The summed E-state index contributed by atoms with van der Waals surface area (Å²) in [5.41, 5.74) is 5.21. The van der Waals surface area contributed by atoms with Gasteiger partial charge in [-0.25, -0.2) is 19.7 Å². The highest BCUT2D eigenvalue weighted by Gasteiger charge is 2.49. The van der Waals surface area contributed by atoms with Gasteiger partial charge >= 0.3 is 12.5 Å². The van der Waals surface area contributed by atoms with Crippen LogP contribution in [0.25, 0.3) is 0 Å². The molecule has 170 valence electrons. The van der Waals surface area contributed by atoms with Crippen LogP contribution in [-0.4, -0.2) is 40.5 Å². The lowest BCUT2D eigenvalue weighted by molar-refractivity contribution is -0.274. The molecule has 1 saturated heterocycles. The quantitative estimate of drug-likeness (QED) is 0.683. The van der Waals surface area contributed by atoms with Crippen LogP contribution < -0.4 is 20.7 Å². The molecule has 4 rings (SSSR count). The van der Waals surface area contributed by atoms with Gasteiger partial charge < -0.3 is 20.5 Å². The molecule has 2 aromatic rings. The van der Waals surface area contributed by atoms with E-state index in [1.165, 1.54) is 23.4 Å². The number of nitrogens with one attached hydrogen (secondary N) is 1. The summed E-state index contributed by atoms with van der Waals surface area (Å²) in [5, 5.41) is 2.58. The molecule has 0 bridgehead atoms. The van der Waals surface area contributed by atoms with Gasteiger partial charge in [0.05, 0.1) is 17.9 Å². The number of nitrogens with zero attached hydrogens (tertiary/aromatic N) is 3. The molecule has 1 saturated carbocycles. The maximum Gasteiger partial charge on any atom is 0.573 e. The van der Waals surface area contributed by atoms with Crippen LogP contribution in [-0.2, 0) is 9.53 Å². The molecule has 1 aliphatic heterocycles. The van der Waals surface area contributed by atoms with Crippen LogP contribution >= 0.6 is 0 Å². The molecule has 12 heteroatoms. The van der Waals surface area contributed by atoms with Gasteiger partial charge in [-0.1, -0.05) is 0 Å². The van der Waals surface area contributed by atoms with Crippen LogP contribution in [0.5, 0.6) is 5.75 Å². The summed E-state index contributed by atoms with van der Waals surface area (Å²) in [7, 11) is 0. The molecule has 1 aromatic carbocycles. The minimum absolute atomic E-state index is 0.0386. The summed E-state index contributed by atoms with van der Waals surface area (Å²) in [6.07, 6.45) is -0.562. The van der Waals surface area contributed by atoms with Crippen LogP contribution in [0.3, 0.4) is 0 Å². The van der Waals surface area contributed by atoms with Gasteiger partial charge in [0.2, 0.25) is 11.9 Å². The minimum atomic E-state index is -4.85. The SMILES string of the molecule is Nc1ccc(OC(F)(F)F)cc1NC(=O)C1CCC2(CC1)CN(c1ncccn1)C(=O)O2. The number of benzene rings is 1. The number of alkyl halides is 3. The first-order valence-electron chi connectivity index (χ1n) is 9.88. The van der Waals surface area contributed by atoms with Gasteiger partial charge in [-0.05, 0) is 43.9 Å². The van der Waals surface area contributed by atoms with Gasteiger partial charge in [0.15, 0.2) is 0 Å². The molecule has 1 aliphatic carbocycles. The Kier molecular flexibility index (Phi) is 5.53. The lowest BCUT2D eigenvalue weighted by Gasteiger charge is -2.34. The smallest absolute Gasteiger partial charge is 0.441 e. The summed E-state index contributed by atoms with van der Waals surface area (Å²) in [5.74, 6) is -1.01. The first-order valence-corrected chi connectivity index (χ1v) is 9.88. The van der Waals surface area contributed by atoms with Crippen molar-refractivity contribution in [2.45, 2.75) is 37.6 Å². The van der Waals surface area contributed by atoms with Crippen molar-refractivity contribution >= 4 is 29.3 Å². The number of anilines is 3. The third kappa shape index (κ3) is 4.68. The maximum absolute atomic E-state index is 12.7. The summed E-state index contributed by atoms with van der Waals surface area (Å²) in [6.45, 7) is 0.286. The highest BCUT2D eigenvalue weighted by atomic mass is 19.4. The lowest BCUT2D eigenvalue weighted by Crippen LogP contribution is -2.41. The summed E-state index contributed by atoms with van der Waals surface area (Å²) in [4.78, 5) is 34.5. The fraction of sp³-hybridized carbons (Fsp3) is 0.400. The number of rotatable bonds is 4. The Balaban J connectivity index is 1.37. The highest BCUT2D eigenvalue weighted by molar-refractivity contribution is 5.95. The van der Waals surface area contributed by atoms with Crippen molar-refractivity contribution in [3.63, 3.8) is 0 Å². The van der Waals surface area contributed by atoms with E-state index >= 15 is 0 Å². The second kappa shape index (κ2) is 8.17. The monoisotopic (exact) mass is 451 g/mol. The molecule has 3 N–H and O–H groups in total. The van der Waals surface area contributed by atoms with Gasteiger partial charge in [0.1, 0.15) is 11.4 Å². The Morgan fingerprint density at radius 1 is 1.25 bits per heavy atom. The first-order chi connectivity index (χ1) is 15.1. The number of nitrogen functional groups attached to an aromatic ring is 1. The third-order valence-electron chi connectivity index (χ3n) is 5.55. The van der Waals surface area contributed by atoms with Crippen molar-refractivity contribution in [1.29, 1.82) is 0 Å². The molecule has 2 aliphatic rings. The molecule has 32 heavy (non-hydrogen) atoms. The third-order valence-corrected chi connectivity index (χ3v) is 5.55. The van der Waals surface area contributed by atoms with E-state index in [9.17, 15) is 22.8 Å². The van der Waals surface area contributed by atoms with Gasteiger partial charge in [-0.3, -0.25) is 4.79 Å². The molecule has 0 atom stereocenters. The molecule has 1 aromatic heterocycles. The Morgan fingerprint density at radius 2 is 1.94 bits per heavy atom. The van der Waals surface area contributed by atoms with Gasteiger partial charge in [-0.2, -0.15) is 0 Å². The van der Waals surface area contributed by atoms with Crippen LogP contribution in [0, 0.1) is 5.92 Å². The van der Waals surface area contributed by atoms with Crippen LogP contribution in [0.1, 0.15) is 25.7 Å². The molecule has 2 amide bonds. The Morgan fingerprint density at radius 3 is 2.59 bits per heavy atom. The molecule has 0 radical (unpaired) electrons. The van der Waals surface area contributed by atoms with E-state index in [0.29, 0.717) is 25.7 Å². The standard InChI is InChI=1S/C20H20F3N5O4/c21-20(22,23)31-13-2-3-14(24)15(10-13)27-16(29)12-4-6-19(7-5-12)11-28(18(30)32-19)17-25-8-1-9-26-17/h1-3,8-10,12H,4-7,11,24H2,(H,27,29). The van der Waals surface area contributed by atoms with Crippen LogP contribution in [0.4, 0.5) is 35.3 Å². The number of halogens is 3. The molecule has 2 heterocycles. The second-order valence-corrected chi connectivity index (χ2v) is 7.75. The first kappa shape index (κ1) is 21.7. The molecule has 1 spiro atoms. The molecule has 2 fully saturated rings. The molecular formula is C20H20F3N5O4. The lowest BCUT2D eigenvalue weighted by atomic mass is 9.78. The number of hydrogen-bond donors (Lipinski definition) is 2. The van der Waals surface area contributed by atoms with Crippen molar-refractivity contribution < 1.29 is 32.2 Å². The van der Waals surface area contributed by atoms with Gasteiger partial charge in [0, 0.05) is 24.4 Å². The van der Waals surface area contributed by atoms with Crippen LogP contribution in [0.2, 0.25) is 0 Å². The maximum atomic E-state index is 12.7. The summed E-state index contributed by atoms with van der Waals surface area (Å²) < 4.78 is 46.8. The number of amides is 2. The average Bonchev–Trinajstić information content (AvgIpc) is 3.06. The largest absolute Gasteiger partial charge is 0.573 e. The van der Waals surface area contributed by atoms with E-state index in [1.807, 2.05) is 0 Å². The number of ether oxygens (including phenoxy) is 2. The van der Waals surface area contributed by atoms with Crippen molar-refractivity contribution in [3.05, 3.63) is 36.7 Å². The summed E-state index contributed by atoms with van der Waals surface area (Å²) >= 11 is 0. The van der Waals surface area contributed by atoms with E-state index in [0.717, 1.165) is 12.1 Å². The zero-order chi connectivity index (χ0) is 22.9. The molecule has 9 nitrogen and oxygen atoms in total. The van der Waals surface area contributed by atoms with Crippen molar-refractivity contribution in [2.24, 2.45) is 5.92 Å². The fourth-order valence-electron chi connectivity index (χ4n) is 3.95. The van der Waals surface area contributed by atoms with E-state index in [-0.39, 0.29) is 29.8 Å². The topological polar surface area (TPSA) is 120 Å². The number of aromatic nitrogens is 2. The summed E-state index contributed by atoms with van der Waals surface area (Å²) in [6, 6.07) is 4.97. The molecule has 0 unspecified atom stereocenters. The predicted octanol–water partition coefficient (Wildman–Crippen LogP) is 3.48.